The van der Waals surface area contributed by atoms with Gasteiger partial charge in [-0.05, 0) is 62.7 Å². The van der Waals surface area contributed by atoms with E-state index in [1.807, 2.05) is 32.2 Å². The smallest absolute Gasteiger partial charge is 0.119 e. The fraction of sp³-hybridized carbons (Fsp3) is 0.333. The van der Waals surface area contributed by atoms with Crippen LogP contribution in [0.3, 0.4) is 0 Å². The highest BCUT2D eigenvalue weighted by atomic mass is 35.5. The van der Waals surface area contributed by atoms with Crippen LogP contribution in [-0.2, 0) is 0 Å². The molecule has 0 amide bonds. The van der Waals surface area contributed by atoms with Crippen LogP contribution in [0, 0.1) is 20.8 Å². The highest BCUT2D eigenvalue weighted by molar-refractivity contribution is 6.31. The molecule has 0 bridgehead atoms. The molecule has 21 heavy (non-hydrogen) atoms. The molecule has 2 aromatic rings. The van der Waals surface area contributed by atoms with Crippen LogP contribution in [0.2, 0.25) is 5.02 Å². The lowest BCUT2D eigenvalue weighted by Gasteiger charge is -2.20. The third-order valence-corrected chi connectivity index (χ3v) is 4.13. The van der Waals surface area contributed by atoms with Crippen LogP contribution in [0.15, 0.2) is 36.4 Å². The summed E-state index contributed by atoms with van der Waals surface area (Å²) in [7, 11) is 1.96. The molecule has 0 aliphatic carbocycles. The zero-order chi connectivity index (χ0) is 15.4. The van der Waals surface area contributed by atoms with E-state index in [2.05, 4.69) is 37.4 Å². The second-order valence-electron chi connectivity index (χ2n) is 5.42. The molecule has 0 aliphatic rings. The molecule has 0 aromatic heterocycles. The van der Waals surface area contributed by atoms with Crippen molar-refractivity contribution in [3.05, 3.63) is 63.7 Å². The van der Waals surface area contributed by atoms with Crippen LogP contribution in [0.25, 0.3) is 0 Å². The average Bonchev–Trinajstić information content (AvgIpc) is 2.46. The maximum atomic E-state index is 6.04. The van der Waals surface area contributed by atoms with Gasteiger partial charge in [0.25, 0.3) is 0 Å². The van der Waals surface area contributed by atoms with Crippen molar-refractivity contribution >= 4 is 11.6 Å². The third-order valence-electron chi connectivity index (χ3n) is 3.70. The largest absolute Gasteiger partial charge is 0.492 e. The molecule has 0 fully saturated rings. The van der Waals surface area contributed by atoms with Gasteiger partial charge >= 0.3 is 0 Å². The minimum Gasteiger partial charge on any atom is -0.492 e. The Morgan fingerprint density at radius 2 is 1.81 bits per heavy atom. The van der Waals surface area contributed by atoms with Crippen LogP contribution in [-0.4, -0.2) is 13.7 Å². The lowest BCUT2D eigenvalue weighted by Crippen LogP contribution is -2.24. The number of rotatable bonds is 5. The Hall–Kier alpha value is -1.51. The Bertz CT molecular complexity index is 625. The molecule has 0 radical (unpaired) electrons. The number of aryl methyl sites for hydroxylation is 3. The van der Waals surface area contributed by atoms with Gasteiger partial charge in [-0.3, -0.25) is 0 Å². The Morgan fingerprint density at radius 1 is 1.05 bits per heavy atom. The van der Waals surface area contributed by atoms with E-state index in [0.717, 1.165) is 16.3 Å². The molecule has 2 nitrogen and oxygen atoms in total. The lowest BCUT2D eigenvalue weighted by molar-refractivity contribution is 0.272. The Kier molecular flexibility index (Phi) is 5.27. The van der Waals surface area contributed by atoms with E-state index in [9.17, 15) is 0 Å². The molecule has 2 aromatic carbocycles. The van der Waals surface area contributed by atoms with Gasteiger partial charge in [-0.15, -0.1) is 0 Å². The standard InChI is InChI=1S/C18H22ClNO/c1-12-5-6-13(2)16(9-12)18(20-4)11-21-15-7-8-17(19)14(3)10-15/h5-10,18,20H,11H2,1-4H3. The molecule has 1 unspecified atom stereocenters. The Balaban J connectivity index is 2.12. The summed E-state index contributed by atoms with van der Waals surface area (Å²) in [5.41, 5.74) is 4.85. The fourth-order valence-corrected chi connectivity index (χ4v) is 2.47. The zero-order valence-electron chi connectivity index (χ0n) is 13.0. The minimum atomic E-state index is 0.167. The molecule has 0 heterocycles. The van der Waals surface area contributed by atoms with E-state index >= 15 is 0 Å². The summed E-state index contributed by atoms with van der Waals surface area (Å²) in [5.74, 6) is 0.849. The van der Waals surface area contributed by atoms with Gasteiger partial charge in [-0.1, -0.05) is 35.4 Å². The summed E-state index contributed by atoms with van der Waals surface area (Å²) < 4.78 is 5.92. The molecule has 3 heteroatoms. The maximum absolute atomic E-state index is 6.04. The summed E-state index contributed by atoms with van der Waals surface area (Å²) in [6.07, 6.45) is 0. The topological polar surface area (TPSA) is 21.3 Å². The zero-order valence-corrected chi connectivity index (χ0v) is 13.8. The second kappa shape index (κ2) is 6.97. The number of nitrogens with one attached hydrogen (secondary N) is 1. The molecule has 1 atom stereocenters. The number of halogens is 1. The van der Waals surface area contributed by atoms with Crippen LogP contribution < -0.4 is 10.1 Å². The Morgan fingerprint density at radius 3 is 2.48 bits per heavy atom. The molecule has 0 saturated carbocycles. The normalized spacial score (nSPS) is 12.2. The van der Waals surface area contributed by atoms with Gasteiger partial charge in [-0.25, -0.2) is 0 Å². The lowest BCUT2D eigenvalue weighted by atomic mass is 9.99. The quantitative estimate of drug-likeness (QED) is 0.871. The highest BCUT2D eigenvalue weighted by Gasteiger charge is 2.13. The third kappa shape index (κ3) is 3.99. The van der Waals surface area contributed by atoms with E-state index in [1.54, 1.807) is 0 Å². The molecular formula is C18H22ClNO. The van der Waals surface area contributed by atoms with Crippen molar-refractivity contribution in [2.24, 2.45) is 0 Å². The van der Waals surface area contributed by atoms with Gasteiger partial charge in [0.2, 0.25) is 0 Å². The van der Waals surface area contributed by atoms with Crippen molar-refractivity contribution in [3.8, 4) is 5.75 Å². The first-order chi connectivity index (χ1) is 10.0. The van der Waals surface area contributed by atoms with Crippen LogP contribution >= 0.6 is 11.6 Å². The minimum absolute atomic E-state index is 0.167. The SMILES string of the molecule is CNC(COc1ccc(Cl)c(C)c1)c1cc(C)ccc1C. The Labute approximate surface area is 132 Å². The molecule has 112 valence electrons. The van der Waals surface area contributed by atoms with Gasteiger partial charge < -0.3 is 10.1 Å². The summed E-state index contributed by atoms with van der Waals surface area (Å²) in [4.78, 5) is 0. The van der Waals surface area contributed by atoms with Crippen molar-refractivity contribution in [1.82, 2.24) is 5.32 Å². The first-order valence-electron chi connectivity index (χ1n) is 7.14. The number of ether oxygens (including phenoxy) is 1. The van der Waals surface area contributed by atoms with E-state index in [0.29, 0.717) is 6.61 Å². The predicted molar refractivity (Wildman–Crippen MR) is 89.4 cm³/mol. The van der Waals surface area contributed by atoms with Crippen molar-refractivity contribution < 1.29 is 4.74 Å². The van der Waals surface area contributed by atoms with Crippen LogP contribution in [0.4, 0.5) is 0 Å². The van der Waals surface area contributed by atoms with Crippen molar-refractivity contribution in [2.45, 2.75) is 26.8 Å². The first-order valence-corrected chi connectivity index (χ1v) is 7.52. The van der Waals surface area contributed by atoms with E-state index < -0.39 is 0 Å². The maximum Gasteiger partial charge on any atom is 0.119 e. The van der Waals surface area contributed by atoms with Crippen LogP contribution in [0.1, 0.15) is 28.3 Å². The van der Waals surface area contributed by atoms with E-state index in [4.69, 9.17) is 16.3 Å². The van der Waals surface area contributed by atoms with Crippen molar-refractivity contribution in [3.63, 3.8) is 0 Å². The van der Waals surface area contributed by atoms with E-state index in [-0.39, 0.29) is 6.04 Å². The molecule has 0 spiro atoms. The molecule has 0 saturated heterocycles. The van der Waals surface area contributed by atoms with Gasteiger partial charge in [-0.2, -0.15) is 0 Å². The molecule has 0 aliphatic heterocycles. The number of benzene rings is 2. The summed E-state index contributed by atoms with van der Waals surface area (Å²) >= 11 is 6.04. The van der Waals surface area contributed by atoms with Crippen LogP contribution in [0.5, 0.6) is 5.75 Å². The summed E-state index contributed by atoms with van der Waals surface area (Å²) in [6, 6.07) is 12.4. The number of likely N-dealkylation sites (N-methyl/N-ethyl adjacent to an activating group) is 1. The first kappa shape index (κ1) is 15.9. The van der Waals surface area contributed by atoms with Crippen molar-refractivity contribution in [2.75, 3.05) is 13.7 Å². The number of hydrogen-bond donors (Lipinski definition) is 1. The monoisotopic (exact) mass is 303 g/mol. The fourth-order valence-electron chi connectivity index (χ4n) is 2.35. The predicted octanol–water partition coefficient (Wildman–Crippen LogP) is 4.60. The number of hydrogen-bond acceptors (Lipinski definition) is 2. The highest BCUT2D eigenvalue weighted by Crippen LogP contribution is 2.24. The average molecular weight is 304 g/mol. The summed E-state index contributed by atoms with van der Waals surface area (Å²) in [6.45, 7) is 6.81. The van der Waals surface area contributed by atoms with E-state index in [1.165, 1.54) is 16.7 Å². The molecule has 1 N–H and O–H groups in total. The second-order valence-corrected chi connectivity index (χ2v) is 5.83. The summed E-state index contributed by atoms with van der Waals surface area (Å²) in [5, 5.41) is 4.10. The van der Waals surface area contributed by atoms with Crippen molar-refractivity contribution in [1.29, 1.82) is 0 Å². The van der Waals surface area contributed by atoms with Gasteiger partial charge in [0.05, 0.1) is 6.04 Å². The van der Waals surface area contributed by atoms with Gasteiger partial charge in [0, 0.05) is 5.02 Å². The van der Waals surface area contributed by atoms with Gasteiger partial charge in [0.15, 0.2) is 0 Å². The van der Waals surface area contributed by atoms with Gasteiger partial charge in [0.1, 0.15) is 12.4 Å². The molecular weight excluding hydrogens is 282 g/mol. The molecule has 2 rings (SSSR count).